The lowest BCUT2D eigenvalue weighted by molar-refractivity contribution is 0.0368. The predicted octanol–water partition coefficient (Wildman–Crippen LogP) is 4.84. The van der Waals surface area contributed by atoms with Crippen molar-refractivity contribution in [3.8, 4) is 22.4 Å². The maximum atomic E-state index is 12.5. The van der Waals surface area contributed by atoms with Gasteiger partial charge in [0.25, 0.3) is 5.91 Å². The van der Waals surface area contributed by atoms with E-state index in [0.717, 1.165) is 85.0 Å². The van der Waals surface area contributed by atoms with Crippen LogP contribution in [0.25, 0.3) is 22.4 Å². The number of benzene rings is 3. The molecule has 2 aliphatic rings. The lowest BCUT2D eigenvalue weighted by atomic mass is 9.97. The van der Waals surface area contributed by atoms with Crippen molar-refractivity contribution in [2.75, 3.05) is 45.6 Å². The maximum Gasteiger partial charge on any atom is 0.251 e. The van der Waals surface area contributed by atoms with Gasteiger partial charge in [0.2, 0.25) is 10.0 Å². The highest BCUT2D eigenvalue weighted by Crippen LogP contribution is 2.36. The summed E-state index contributed by atoms with van der Waals surface area (Å²) >= 11 is 6.72. The smallest absolute Gasteiger partial charge is 0.251 e. The molecule has 11 heteroatoms. The number of rotatable bonds is 10. The van der Waals surface area contributed by atoms with Gasteiger partial charge in [0, 0.05) is 85.2 Å². The van der Waals surface area contributed by atoms with E-state index in [1.165, 1.54) is 10.6 Å². The minimum Gasteiger partial charge on any atom is -0.379 e. The lowest BCUT2D eigenvalue weighted by Crippen LogP contribution is -2.37. The van der Waals surface area contributed by atoms with Gasteiger partial charge in [0.05, 0.1) is 25.2 Å². The SMILES string of the molecule is CS(=O)(=O)N1CCc2c(c(-c3ccc(Cl)c(-c4ccc(CNC(=O)c5ccccc5)cc4)c3)nn2CCCN2CCOCC2)C1. The first-order valence-electron chi connectivity index (χ1n) is 15.3. The second kappa shape index (κ2) is 13.8. The Kier molecular flexibility index (Phi) is 9.67. The molecule has 0 saturated carbocycles. The van der Waals surface area contributed by atoms with Crippen LogP contribution in [0.1, 0.15) is 33.6 Å². The van der Waals surface area contributed by atoms with Gasteiger partial charge in [-0.1, -0.05) is 60.1 Å². The van der Waals surface area contributed by atoms with Gasteiger partial charge in [-0.2, -0.15) is 9.40 Å². The highest BCUT2D eigenvalue weighted by Gasteiger charge is 2.30. The second-order valence-corrected chi connectivity index (χ2v) is 14.0. The first-order valence-corrected chi connectivity index (χ1v) is 17.5. The van der Waals surface area contributed by atoms with Crippen molar-refractivity contribution in [2.24, 2.45) is 0 Å². The molecule has 1 saturated heterocycles. The van der Waals surface area contributed by atoms with Crippen LogP contribution in [0.4, 0.5) is 0 Å². The van der Waals surface area contributed by atoms with Crippen LogP contribution in [0.5, 0.6) is 0 Å². The van der Waals surface area contributed by atoms with E-state index in [4.69, 9.17) is 21.4 Å². The summed E-state index contributed by atoms with van der Waals surface area (Å²) in [6, 6.07) is 23.0. The van der Waals surface area contributed by atoms with Gasteiger partial charge in [-0.25, -0.2) is 8.42 Å². The zero-order valence-corrected chi connectivity index (χ0v) is 27.0. The fraction of sp³-hybridized carbons (Fsp3) is 0.353. The van der Waals surface area contributed by atoms with Gasteiger partial charge in [-0.3, -0.25) is 14.4 Å². The van der Waals surface area contributed by atoms with Crippen molar-refractivity contribution in [3.05, 3.63) is 100 Å². The number of aromatic nitrogens is 2. The molecule has 0 bridgehead atoms. The number of fused-ring (bicyclic) bond motifs is 1. The molecule has 1 fully saturated rings. The van der Waals surface area contributed by atoms with E-state index in [1.54, 1.807) is 12.1 Å². The van der Waals surface area contributed by atoms with Crippen molar-refractivity contribution in [2.45, 2.75) is 32.5 Å². The van der Waals surface area contributed by atoms with Crippen molar-refractivity contribution in [1.82, 2.24) is 24.3 Å². The van der Waals surface area contributed by atoms with Crippen molar-refractivity contribution < 1.29 is 17.9 Å². The summed E-state index contributed by atoms with van der Waals surface area (Å²) < 4.78 is 34.1. The van der Waals surface area contributed by atoms with Gasteiger partial charge in [-0.05, 0) is 41.8 Å². The van der Waals surface area contributed by atoms with Crippen LogP contribution in [0, 0.1) is 0 Å². The van der Waals surface area contributed by atoms with E-state index in [9.17, 15) is 13.2 Å². The number of amides is 1. The summed E-state index contributed by atoms with van der Waals surface area (Å²) in [5.74, 6) is -0.117. The third kappa shape index (κ3) is 7.48. The molecule has 236 valence electrons. The summed E-state index contributed by atoms with van der Waals surface area (Å²) in [6.45, 7) is 6.34. The predicted molar refractivity (Wildman–Crippen MR) is 177 cm³/mol. The van der Waals surface area contributed by atoms with Gasteiger partial charge in [0.15, 0.2) is 0 Å². The number of halogens is 1. The Balaban J connectivity index is 1.23. The molecule has 3 heterocycles. The number of hydrogen-bond donors (Lipinski definition) is 1. The number of ether oxygens (including phenoxy) is 1. The molecule has 45 heavy (non-hydrogen) atoms. The largest absolute Gasteiger partial charge is 0.379 e. The number of sulfonamides is 1. The first kappa shape index (κ1) is 31.4. The molecule has 3 aromatic carbocycles. The topological polar surface area (TPSA) is 96.8 Å². The third-order valence-corrected chi connectivity index (χ3v) is 10.1. The summed E-state index contributed by atoms with van der Waals surface area (Å²) in [7, 11) is -3.35. The number of hydrogen-bond acceptors (Lipinski definition) is 6. The van der Waals surface area contributed by atoms with Crippen molar-refractivity contribution in [3.63, 3.8) is 0 Å². The summed E-state index contributed by atoms with van der Waals surface area (Å²) in [5.41, 5.74) is 7.15. The molecule has 6 rings (SSSR count). The van der Waals surface area contributed by atoms with E-state index >= 15 is 0 Å². The molecule has 0 unspecified atom stereocenters. The second-order valence-electron chi connectivity index (χ2n) is 11.6. The van der Waals surface area contributed by atoms with Crippen molar-refractivity contribution in [1.29, 1.82) is 0 Å². The molecular formula is C34H38ClN5O4S. The van der Waals surface area contributed by atoms with Crippen LogP contribution >= 0.6 is 11.6 Å². The minimum atomic E-state index is -3.35. The number of carbonyl (C=O) groups is 1. The number of nitrogens with zero attached hydrogens (tertiary/aromatic N) is 4. The van der Waals surface area contributed by atoms with Gasteiger partial charge in [-0.15, -0.1) is 0 Å². The van der Waals surface area contributed by atoms with Crippen LogP contribution in [-0.4, -0.2) is 79.0 Å². The van der Waals surface area contributed by atoms with E-state index in [2.05, 4.69) is 14.9 Å². The van der Waals surface area contributed by atoms with E-state index in [0.29, 0.717) is 36.6 Å². The van der Waals surface area contributed by atoms with Crippen molar-refractivity contribution >= 4 is 27.5 Å². The van der Waals surface area contributed by atoms with E-state index < -0.39 is 10.0 Å². The normalized spacial score (nSPS) is 16.0. The van der Waals surface area contributed by atoms with E-state index in [-0.39, 0.29) is 5.91 Å². The third-order valence-electron chi connectivity index (χ3n) is 8.51. The van der Waals surface area contributed by atoms with Crippen LogP contribution < -0.4 is 5.32 Å². The Morgan fingerprint density at radius 1 is 0.956 bits per heavy atom. The van der Waals surface area contributed by atoms with Gasteiger partial charge in [0.1, 0.15) is 0 Å². The molecule has 1 amide bonds. The molecule has 0 atom stereocenters. The standard InChI is InChI=1S/C34H38ClN5O4S/c1-45(42,43)39-17-14-32-30(24-39)33(37-40(32)16-5-15-38-18-20-44-21-19-38)28-12-13-31(35)29(22-28)26-10-8-25(9-11-26)23-36-34(41)27-6-3-2-4-7-27/h2-4,6-13,22H,5,14-21,23-24H2,1H3,(H,36,41). The fourth-order valence-corrected chi connectivity index (χ4v) is 7.02. The molecule has 0 spiro atoms. The van der Waals surface area contributed by atoms with Crippen LogP contribution in [0.15, 0.2) is 72.8 Å². The Labute approximate surface area is 269 Å². The molecule has 1 N–H and O–H groups in total. The van der Waals surface area contributed by atoms with Gasteiger partial charge >= 0.3 is 0 Å². The molecule has 0 radical (unpaired) electrons. The summed E-state index contributed by atoms with van der Waals surface area (Å²) in [4.78, 5) is 14.9. The molecule has 4 aromatic rings. The first-order chi connectivity index (χ1) is 21.8. The Hall–Kier alpha value is -3.54. The number of aryl methyl sites for hydroxylation is 1. The number of nitrogens with one attached hydrogen (secondary N) is 1. The van der Waals surface area contributed by atoms with Crippen LogP contribution in [0.3, 0.4) is 0 Å². The van der Waals surface area contributed by atoms with Crippen LogP contribution in [0.2, 0.25) is 5.02 Å². The Morgan fingerprint density at radius 3 is 2.42 bits per heavy atom. The monoisotopic (exact) mass is 647 g/mol. The zero-order chi connectivity index (χ0) is 31.4. The van der Waals surface area contributed by atoms with Crippen LogP contribution in [-0.2, 0) is 40.8 Å². The molecule has 0 aliphatic carbocycles. The molecule has 1 aromatic heterocycles. The number of carbonyl (C=O) groups excluding carboxylic acids is 1. The molecule has 2 aliphatic heterocycles. The summed E-state index contributed by atoms with van der Waals surface area (Å²) in [6.07, 6.45) is 2.84. The highest BCUT2D eigenvalue weighted by atomic mass is 35.5. The highest BCUT2D eigenvalue weighted by molar-refractivity contribution is 7.88. The summed E-state index contributed by atoms with van der Waals surface area (Å²) in [5, 5.41) is 8.65. The quantitative estimate of drug-likeness (QED) is 0.265. The Bertz CT molecular complexity index is 1750. The molecular weight excluding hydrogens is 610 g/mol. The lowest BCUT2D eigenvalue weighted by Gasteiger charge is -2.27. The van der Waals surface area contributed by atoms with E-state index in [1.807, 2.05) is 60.7 Å². The maximum absolute atomic E-state index is 12.5. The number of morpholine rings is 1. The molecule has 9 nitrogen and oxygen atoms in total. The average molecular weight is 648 g/mol. The van der Waals surface area contributed by atoms with Gasteiger partial charge < -0.3 is 10.1 Å². The minimum absolute atomic E-state index is 0.117. The Morgan fingerprint density at radius 2 is 1.69 bits per heavy atom. The fourth-order valence-electron chi connectivity index (χ4n) is 6.00. The average Bonchev–Trinajstić information content (AvgIpc) is 3.42. The zero-order valence-electron chi connectivity index (χ0n) is 25.4.